The highest BCUT2D eigenvalue weighted by molar-refractivity contribution is 4.71. The number of hydrogen-bond acceptors (Lipinski definition) is 2. The van der Waals surface area contributed by atoms with Crippen LogP contribution in [-0.4, -0.2) is 19.3 Å². The molecule has 1 aliphatic rings. The van der Waals surface area contributed by atoms with Gasteiger partial charge in [-0.15, -0.1) is 0 Å². The lowest BCUT2D eigenvalue weighted by Crippen LogP contribution is -2.28. The monoisotopic (exact) mass is 145 g/mol. The van der Waals surface area contributed by atoms with Crippen LogP contribution in [0, 0.1) is 0 Å². The van der Waals surface area contributed by atoms with Crippen LogP contribution in [0.15, 0.2) is 0 Å². The third kappa shape index (κ3) is 3.85. The van der Waals surface area contributed by atoms with Crippen LogP contribution >= 0.6 is 0 Å². The molecule has 0 radical (unpaired) electrons. The van der Waals surface area contributed by atoms with Crippen LogP contribution in [0.25, 0.3) is 0 Å². The minimum Gasteiger partial charge on any atom is -0.376 e. The van der Waals surface area contributed by atoms with Gasteiger partial charge in [0.25, 0.3) is 0 Å². The fourth-order valence-corrected chi connectivity index (χ4v) is 1.07. The van der Waals surface area contributed by atoms with Gasteiger partial charge in [-0.1, -0.05) is 0 Å². The fraction of sp³-hybridized carbons (Fsp3) is 1.00. The average Bonchev–Trinajstić information content (AvgIpc) is 1.92. The van der Waals surface area contributed by atoms with Crippen molar-refractivity contribution in [2.75, 3.05) is 13.7 Å². The maximum absolute atomic E-state index is 5.47. The summed E-state index contributed by atoms with van der Waals surface area (Å²) in [6.07, 6.45) is 3.82. The molecule has 1 rings (SSSR count). The molecular weight excluding hydrogens is 126 g/mol. The number of nitrogens with two attached hydrogens (primary N) is 1. The Bertz CT molecular complexity index is 73.3. The Hall–Kier alpha value is -0.0800. The largest absolute Gasteiger partial charge is 0.376 e. The molecular formula is C8H19NO. The first-order chi connectivity index (χ1) is 4.71. The molecule has 0 bridgehead atoms. The van der Waals surface area contributed by atoms with E-state index < -0.39 is 0 Å². The summed E-state index contributed by atoms with van der Waals surface area (Å²) in [5.74, 6) is 0. The van der Waals surface area contributed by atoms with Gasteiger partial charge in [0.2, 0.25) is 0 Å². The highest BCUT2D eigenvalue weighted by Crippen LogP contribution is 2.22. The van der Waals surface area contributed by atoms with E-state index in [1.54, 1.807) is 0 Å². The molecule has 2 N–H and O–H groups in total. The van der Waals surface area contributed by atoms with E-state index in [1.165, 1.54) is 26.3 Å². The van der Waals surface area contributed by atoms with E-state index in [0.717, 1.165) is 6.61 Å². The van der Waals surface area contributed by atoms with Gasteiger partial charge in [-0.2, -0.15) is 0 Å². The molecule has 1 aliphatic heterocycles. The third-order valence-corrected chi connectivity index (χ3v) is 1.67. The molecule has 0 spiro atoms. The van der Waals surface area contributed by atoms with Gasteiger partial charge in [-0.05, 0) is 40.2 Å². The second-order valence-electron chi connectivity index (χ2n) is 3.07. The van der Waals surface area contributed by atoms with Crippen LogP contribution in [0.5, 0.6) is 0 Å². The molecule has 0 aromatic rings. The first kappa shape index (κ1) is 9.92. The van der Waals surface area contributed by atoms with Gasteiger partial charge < -0.3 is 10.5 Å². The van der Waals surface area contributed by atoms with E-state index in [4.69, 9.17) is 4.74 Å². The second kappa shape index (κ2) is 4.69. The van der Waals surface area contributed by atoms with Crippen molar-refractivity contribution in [1.29, 1.82) is 0 Å². The predicted molar refractivity (Wildman–Crippen MR) is 44.0 cm³/mol. The van der Waals surface area contributed by atoms with Gasteiger partial charge in [-0.3, -0.25) is 0 Å². The predicted octanol–water partition coefficient (Wildman–Crippen LogP) is 1.54. The Morgan fingerprint density at radius 2 is 1.80 bits per heavy atom. The van der Waals surface area contributed by atoms with Crippen LogP contribution < -0.4 is 5.73 Å². The van der Waals surface area contributed by atoms with Crippen LogP contribution in [-0.2, 0) is 4.74 Å². The molecule has 0 saturated carbocycles. The van der Waals surface area contributed by atoms with Gasteiger partial charge in [-0.25, -0.2) is 0 Å². The van der Waals surface area contributed by atoms with Crippen molar-refractivity contribution in [2.24, 2.45) is 5.73 Å². The molecule has 0 atom stereocenters. The first-order valence-corrected chi connectivity index (χ1v) is 3.92. The third-order valence-electron chi connectivity index (χ3n) is 1.67. The summed E-state index contributed by atoms with van der Waals surface area (Å²) in [5, 5.41) is 0. The van der Waals surface area contributed by atoms with E-state index in [9.17, 15) is 0 Å². The Balaban J connectivity index is 0.000000371. The Kier molecular flexibility index (Phi) is 4.65. The fourth-order valence-electron chi connectivity index (χ4n) is 1.07. The van der Waals surface area contributed by atoms with E-state index in [0.29, 0.717) is 0 Å². The molecule has 2 nitrogen and oxygen atoms in total. The SMILES string of the molecule is CC1(C)CCCCO1.CN. The van der Waals surface area contributed by atoms with Crippen LogP contribution in [0.1, 0.15) is 33.1 Å². The zero-order valence-electron chi connectivity index (χ0n) is 7.31. The zero-order chi connectivity index (χ0) is 8.04. The van der Waals surface area contributed by atoms with Crippen molar-refractivity contribution in [2.45, 2.75) is 38.7 Å². The minimum atomic E-state index is 0.179. The number of hydrogen-bond donors (Lipinski definition) is 1. The first-order valence-electron chi connectivity index (χ1n) is 3.92. The summed E-state index contributed by atoms with van der Waals surface area (Å²) < 4.78 is 5.47. The van der Waals surface area contributed by atoms with Gasteiger partial charge in [0.05, 0.1) is 5.60 Å². The molecule has 0 aliphatic carbocycles. The number of rotatable bonds is 0. The second-order valence-corrected chi connectivity index (χ2v) is 3.07. The Morgan fingerprint density at radius 1 is 1.20 bits per heavy atom. The molecule has 0 amide bonds. The molecule has 1 fully saturated rings. The van der Waals surface area contributed by atoms with E-state index in [1.807, 2.05) is 0 Å². The highest BCUT2D eigenvalue weighted by Gasteiger charge is 2.20. The maximum Gasteiger partial charge on any atom is 0.0626 e. The van der Waals surface area contributed by atoms with Crippen LogP contribution in [0.2, 0.25) is 0 Å². The summed E-state index contributed by atoms with van der Waals surface area (Å²) in [7, 11) is 1.50. The molecule has 0 aromatic heterocycles. The molecule has 1 heterocycles. The lowest BCUT2D eigenvalue weighted by molar-refractivity contribution is -0.0511. The number of ether oxygens (including phenoxy) is 1. The summed E-state index contributed by atoms with van der Waals surface area (Å²) >= 11 is 0. The van der Waals surface area contributed by atoms with Crippen molar-refractivity contribution in [3.05, 3.63) is 0 Å². The summed E-state index contributed by atoms with van der Waals surface area (Å²) in [6.45, 7) is 5.28. The molecule has 10 heavy (non-hydrogen) atoms. The summed E-state index contributed by atoms with van der Waals surface area (Å²) in [5.41, 5.74) is 4.68. The van der Waals surface area contributed by atoms with Gasteiger partial charge in [0, 0.05) is 6.61 Å². The van der Waals surface area contributed by atoms with Crippen molar-refractivity contribution in [1.82, 2.24) is 0 Å². The zero-order valence-corrected chi connectivity index (χ0v) is 7.31. The standard InChI is InChI=1S/C7H14O.CH5N/c1-7(2)5-3-4-6-8-7;1-2/h3-6H2,1-2H3;2H2,1H3. The molecule has 1 saturated heterocycles. The Morgan fingerprint density at radius 3 is 2.00 bits per heavy atom. The topological polar surface area (TPSA) is 35.2 Å². The summed E-state index contributed by atoms with van der Waals surface area (Å²) in [4.78, 5) is 0. The molecule has 62 valence electrons. The van der Waals surface area contributed by atoms with E-state index in [-0.39, 0.29) is 5.60 Å². The normalized spacial score (nSPS) is 22.8. The average molecular weight is 145 g/mol. The lowest BCUT2D eigenvalue weighted by atomic mass is 9.99. The quantitative estimate of drug-likeness (QED) is 0.561. The lowest BCUT2D eigenvalue weighted by Gasteiger charge is -2.29. The highest BCUT2D eigenvalue weighted by atomic mass is 16.5. The Labute approximate surface area is 63.7 Å². The maximum atomic E-state index is 5.47. The molecule has 2 heteroatoms. The van der Waals surface area contributed by atoms with Crippen LogP contribution in [0.4, 0.5) is 0 Å². The van der Waals surface area contributed by atoms with Crippen LogP contribution in [0.3, 0.4) is 0 Å². The van der Waals surface area contributed by atoms with Crippen molar-refractivity contribution < 1.29 is 4.74 Å². The van der Waals surface area contributed by atoms with Crippen molar-refractivity contribution >= 4 is 0 Å². The molecule has 0 aromatic carbocycles. The van der Waals surface area contributed by atoms with Crippen molar-refractivity contribution in [3.8, 4) is 0 Å². The van der Waals surface area contributed by atoms with E-state index >= 15 is 0 Å². The van der Waals surface area contributed by atoms with E-state index in [2.05, 4.69) is 19.6 Å². The molecule has 0 unspecified atom stereocenters. The van der Waals surface area contributed by atoms with Gasteiger partial charge in [0.1, 0.15) is 0 Å². The summed E-state index contributed by atoms with van der Waals surface area (Å²) in [6, 6.07) is 0. The van der Waals surface area contributed by atoms with Gasteiger partial charge >= 0.3 is 0 Å². The smallest absolute Gasteiger partial charge is 0.0626 e. The van der Waals surface area contributed by atoms with Crippen molar-refractivity contribution in [3.63, 3.8) is 0 Å². The minimum absolute atomic E-state index is 0.179. The van der Waals surface area contributed by atoms with Gasteiger partial charge in [0.15, 0.2) is 0 Å².